The van der Waals surface area contributed by atoms with Gasteiger partial charge in [-0.2, -0.15) is 0 Å². The zero-order valence-corrected chi connectivity index (χ0v) is 7.54. The Kier molecular flexibility index (Phi) is 2.04. The Hall–Kier alpha value is -1.32. The standard InChI is InChI=1S/C9H12N2O2/c1-6(12)13-8-3-2-7-4-10-5-11-9(7)8/h4,8,10H,2-3,5H2,1H3. The molecule has 4 heteroatoms. The lowest BCUT2D eigenvalue weighted by molar-refractivity contribution is -0.143. The molecular weight excluding hydrogens is 168 g/mol. The molecule has 0 amide bonds. The van der Waals surface area contributed by atoms with Crippen molar-refractivity contribution in [3.8, 4) is 0 Å². The van der Waals surface area contributed by atoms with Crippen LogP contribution in [0.15, 0.2) is 16.8 Å². The molecule has 0 bridgehead atoms. The van der Waals surface area contributed by atoms with Gasteiger partial charge in [-0.3, -0.25) is 9.79 Å². The summed E-state index contributed by atoms with van der Waals surface area (Å²) in [6, 6.07) is 0. The lowest BCUT2D eigenvalue weighted by atomic mass is 10.2. The van der Waals surface area contributed by atoms with Crippen LogP contribution >= 0.6 is 0 Å². The van der Waals surface area contributed by atoms with Crippen LogP contribution in [0.4, 0.5) is 0 Å². The van der Waals surface area contributed by atoms with E-state index in [0.717, 1.165) is 18.6 Å². The summed E-state index contributed by atoms with van der Waals surface area (Å²) in [4.78, 5) is 15.0. The Balaban J connectivity index is 2.12. The molecule has 1 aliphatic carbocycles. The molecule has 4 nitrogen and oxygen atoms in total. The van der Waals surface area contributed by atoms with Crippen molar-refractivity contribution < 1.29 is 9.53 Å². The highest BCUT2D eigenvalue weighted by atomic mass is 16.5. The quantitative estimate of drug-likeness (QED) is 0.601. The number of nitrogens with one attached hydrogen (secondary N) is 1. The first-order chi connectivity index (χ1) is 6.27. The van der Waals surface area contributed by atoms with Gasteiger partial charge in [-0.1, -0.05) is 0 Å². The van der Waals surface area contributed by atoms with Crippen LogP contribution in [-0.2, 0) is 9.53 Å². The number of carbonyl (C=O) groups excluding carboxylic acids is 1. The van der Waals surface area contributed by atoms with E-state index in [4.69, 9.17) is 4.74 Å². The predicted octanol–water partition coefficient (Wildman–Crippen LogP) is 0.597. The fraction of sp³-hybridized carbons (Fsp3) is 0.556. The van der Waals surface area contributed by atoms with Crippen molar-refractivity contribution >= 4 is 11.7 Å². The molecule has 1 N–H and O–H groups in total. The van der Waals surface area contributed by atoms with E-state index in [-0.39, 0.29) is 12.1 Å². The molecule has 1 aliphatic heterocycles. The normalized spacial score (nSPS) is 25.5. The van der Waals surface area contributed by atoms with Crippen LogP contribution in [0, 0.1) is 0 Å². The van der Waals surface area contributed by atoms with Gasteiger partial charge in [-0.25, -0.2) is 0 Å². The van der Waals surface area contributed by atoms with Gasteiger partial charge in [0.05, 0.1) is 5.71 Å². The highest BCUT2D eigenvalue weighted by molar-refractivity contribution is 6.06. The van der Waals surface area contributed by atoms with Crippen molar-refractivity contribution in [2.24, 2.45) is 4.99 Å². The average Bonchev–Trinajstić information content (AvgIpc) is 2.48. The summed E-state index contributed by atoms with van der Waals surface area (Å²) >= 11 is 0. The van der Waals surface area contributed by atoms with Gasteiger partial charge < -0.3 is 10.1 Å². The molecule has 0 aromatic carbocycles. The van der Waals surface area contributed by atoms with Crippen molar-refractivity contribution in [2.45, 2.75) is 25.9 Å². The van der Waals surface area contributed by atoms with Crippen molar-refractivity contribution in [3.05, 3.63) is 11.8 Å². The highest BCUT2D eigenvalue weighted by Crippen LogP contribution is 2.25. The van der Waals surface area contributed by atoms with E-state index in [0.29, 0.717) is 6.67 Å². The molecule has 0 radical (unpaired) electrons. The topological polar surface area (TPSA) is 50.7 Å². The second kappa shape index (κ2) is 3.20. The van der Waals surface area contributed by atoms with Crippen molar-refractivity contribution in [1.29, 1.82) is 0 Å². The maximum Gasteiger partial charge on any atom is 0.303 e. The SMILES string of the molecule is CC(=O)OC1CCC2=CNCN=C21. The molecular formula is C9H12N2O2. The monoisotopic (exact) mass is 180 g/mol. The van der Waals surface area contributed by atoms with E-state index < -0.39 is 0 Å². The van der Waals surface area contributed by atoms with E-state index >= 15 is 0 Å². The Labute approximate surface area is 76.7 Å². The van der Waals surface area contributed by atoms with Crippen LogP contribution < -0.4 is 5.32 Å². The van der Waals surface area contributed by atoms with Crippen molar-refractivity contribution in [2.75, 3.05) is 6.67 Å². The van der Waals surface area contributed by atoms with Crippen LogP contribution in [0.5, 0.6) is 0 Å². The summed E-state index contributed by atoms with van der Waals surface area (Å²) in [6.45, 7) is 2.03. The molecule has 2 rings (SSSR count). The molecule has 1 unspecified atom stereocenters. The van der Waals surface area contributed by atoms with Crippen molar-refractivity contribution in [1.82, 2.24) is 5.32 Å². The molecule has 1 atom stereocenters. The van der Waals surface area contributed by atoms with E-state index in [9.17, 15) is 4.79 Å². The summed E-state index contributed by atoms with van der Waals surface area (Å²) < 4.78 is 5.14. The van der Waals surface area contributed by atoms with Crippen LogP contribution in [0.1, 0.15) is 19.8 Å². The van der Waals surface area contributed by atoms with Crippen LogP contribution in [0.2, 0.25) is 0 Å². The second-order valence-corrected chi connectivity index (χ2v) is 3.21. The lowest BCUT2D eigenvalue weighted by Crippen LogP contribution is -2.26. The van der Waals surface area contributed by atoms with Crippen LogP contribution in [0.3, 0.4) is 0 Å². The summed E-state index contributed by atoms with van der Waals surface area (Å²) in [6.07, 6.45) is 3.67. The summed E-state index contributed by atoms with van der Waals surface area (Å²) in [5, 5.41) is 3.04. The Bertz CT molecular complexity index is 294. The van der Waals surface area contributed by atoms with E-state index in [1.54, 1.807) is 0 Å². The van der Waals surface area contributed by atoms with Gasteiger partial charge in [0.1, 0.15) is 12.8 Å². The molecule has 1 fully saturated rings. The number of ether oxygens (including phenoxy) is 1. The molecule has 0 aromatic heterocycles. The number of rotatable bonds is 1. The first-order valence-electron chi connectivity index (χ1n) is 4.42. The van der Waals surface area contributed by atoms with Crippen molar-refractivity contribution in [3.63, 3.8) is 0 Å². The Morgan fingerprint density at radius 3 is 3.38 bits per heavy atom. The first kappa shape index (κ1) is 8.29. The number of nitrogens with zero attached hydrogens (tertiary/aromatic N) is 1. The third-order valence-corrected chi connectivity index (χ3v) is 2.24. The largest absolute Gasteiger partial charge is 0.456 e. The number of esters is 1. The summed E-state index contributed by atoms with van der Waals surface area (Å²) in [5.74, 6) is -0.229. The predicted molar refractivity (Wildman–Crippen MR) is 48.3 cm³/mol. The first-order valence-corrected chi connectivity index (χ1v) is 4.42. The summed E-state index contributed by atoms with van der Waals surface area (Å²) in [7, 11) is 0. The molecule has 70 valence electrons. The molecule has 0 spiro atoms. The Morgan fingerprint density at radius 1 is 1.77 bits per heavy atom. The number of hydrogen-bond donors (Lipinski definition) is 1. The maximum atomic E-state index is 10.8. The zero-order chi connectivity index (χ0) is 9.26. The number of carbonyl (C=O) groups is 1. The third kappa shape index (κ3) is 1.56. The van der Waals surface area contributed by atoms with Gasteiger partial charge in [0.2, 0.25) is 0 Å². The molecule has 1 heterocycles. The average molecular weight is 180 g/mol. The third-order valence-electron chi connectivity index (χ3n) is 2.24. The fourth-order valence-corrected chi connectivity index (χ4v) is 1.72. The smallest absolute Gasteiger partial charge is 0.303 e. The fourth-order valence-electron chi connectivity index (χ4n) is 1.72. The minimum Gasteiger partial charge on any atom is -0.456 e. The maximum absolute atomic E-state index is 10.8. The minimum absolute atomic E-state index is 0.106. The van der Waals surface area contributed by atoms with Gasteiger partial charge in [-0.05, 0) is 18.4 Å². The van der Waals surface area contributed by atoms with Gasteiger partial charge in [0.25, 0.3) is 0 Å². The number of aliphatic imine (C=N–C) groups is 1. The molecule has 0 saturated heterocycles. The lowest BCUT2D eigenvalue weighted by Gasteiger charge is -2.14. The summed E-state index contributed by atoms with van der Waals surface area (Å²) in [5.41, 5.74) is 2.13. The van der Waals surface area contributed by atoms with Crippen LogP contribution in [-0.4, -0.2) is 24.5 Å². The molecule has 0 aromatic rings. The van der Waals surface area contributed by atoms with E-state index in [1.165, 1.54) is 12.5 Å². The van der Waals surface area contributed by atoms with Gasteiger partial charge >= 0.3 is 5.97 Å². The van der Waals surface area contributed by atoms with Gasteiger partial charge in [0, 0.05) is 13.1 Å². The Morgan fingerprint density at radius 2 is 2.62 bits per heavy atom. The molecule has 13 heavy (non-hydrogen) atoms. The number of hydrogen-bond acceptors (Lipinski definition) is 4. The highest BCUT2D eigenvalue weighted by Gasteiger charge is 2.30. The van der Waals surface area contributed by atoms with Gasteiger partial charge in [-0.15, -0.1) is 0 Å². The molecule has 2 aliphatic rings. The van der Waals surface area contributed by atoms with Gasteiger partial charge in [0.15, 0.2) is 0 Å². The number of fused-ring (bicyclic) bond motifs is 1. The minimum atomic E-state index is -0.229. The molecule has 1 saturated carbocycles. The van der Waals surface area contributed by atoms with Crippen LogP contribution in [0.25, 0.3) is 0 Å². The second-order valence-electron chi connectivity index (χ2n) is 3.21. The van der Waals surface area contributed by atoms with E-state index in [2.05, 4.69) is 10.3 Å². The zero-order valence-electron chi connectivity index (χ0n) is 7.54. The van der Waals surface area contributed by atoms with E-state index in [1.807, 2.05) is 6.20 Å².